The first kappa shape index (κ1) is 9.12. The lowest BCUT2D eigenvalue weighted by Gasteiger charge is -2.00. The predicted octanol–water partition coefficient (Wildman–Crippen LogP) is 1.89. The summed E-state index contributed by atoms with van der Waals surface area (Å²) in [5, 5.41) is 4.96. The first-order valence-corrected chi connectivity index (χ1v) is 5.30. The summed E-state index contributed by atoms with van der Waals surface area (Å²) in [5.41, 5.74) is 1.91. The molecule has 1 aliphatic rings. The van der Waals surface area contributed by atoms with Crippen molar-refractivity contribution in [2.75, 3.05) is 13.2 Å². The summed E-state index contributed by atoms with van der Waals surface area (Å²) >= 11 is 5.97. The van der Waals surface area contributed by atoms with Gasteiger partial charge in [0.1, 0.15) is 5.52 Å². The number of ether oxygens (including phenoxy) is 1. The lowest BCUT2D eigenvalue weighted by atomic mass is 10.1. The van der Waals surface area contributed by atoms with E-state index >= 15 is 0 Å². The zero-order valence-corrected chi connectivity index (χ0v) is 8.81. The topological polar surface area (TPSA) is 39.4 Å². The van der Waals surface area contributed by atoms with Gasteiger partial charge >= 0.3 is 0 Å². The van der Waals surface area contributed by atoms with Crippen molar-refractivity contribution in [3.05, 3.63) is 29.3 Å². The number of rotatable bonds is 1. The van der Waals surface area contributed by atoms with Crippen LogP contribution < -0.4 is 0 Å². The van der Waals surface area contributed by atoms with Gasteiger partial charge in [-0.2, -0.15) is 5.10 Å². The quantitative estimate of drug-likeness (QED) is 0.741. The van der Waals surface area contributed by atoms with Crippen molar-refractivity contribution in [3.63, 3.8) is 0 Å². The van der Waals surface area contributed by atoms with E-state index in [-0.39, 0.29) is 0 Å². The van der Waals surface area contributed by atoms with Crippen LogP contribution in [0.15, 0.2) is 18.5 Å². The average Bonchev–Trinajstić information content (AvgIpc) is 2.86. The molecule has 0 N–H and O–H groups in total. The maximum atomic E-state index is 5.97. The molecule has 5 heteroatoms. The Hall–Kier alpha value is -1.13. The fraction of sp³-hybridized carbons (Fsp3) is 0.400. The summed E-state index contributed by atoms with van der Waals surface area (Å²) in [7, 11) is 0. The van der Waals surface area contributed by atoms with Crippen LogP contribution in [0.1, 0.15) is 18.0 Å². The fourth-order valence-electron chi connectivity index (χ4n) is 1.88. The molecule has 1 fully saturated rings. The molecule has 3 heterocycles. The third-order valence-electron chi connectivity index (χ3n) is 2.71. The summed E-state index contributed by atoms with van der Waals surface area (Å²) in [6.45, 7) is 1.58. The highest BCUT2D eigenvalue weighted by molar-refractivity contribution is 6.32. The van der Waals surface area contributed by atoms with Gasteiger partial charge in [-0.3, -0.25) is 0 Å². The first-order valence-electron chi connectivity index (χ1n) is 4.92. The molecule has 15 heavy (non-hydrogen) atoms. The van der Waals surface area contributed by atoms with Crippen molar-refractivity contribution in [1.82, 2.24) is 14.6 Å². The van der Waals surface area contributed by atoms with Gasteiger partial charge in [0, 0.05) is 24.9 Å². The van der Waals surface area contributed by atoms with Gasteiger partial charge in [-0.25, -0.2) is 9.50 Å². The Bertz CT molecular complexity index is 490. The molecule has 4 nitrogen and oxygen atoms in total. The third kappa shape index (κ3) is 1.50. The molecule has 1 saturated heterocycles. The Morgan fingerprint density at radius 2 is 2.47 bits per heavy atom. The number of fused-ring (bicyclic) bond motifs is 1. The van der Waals surface area contributed by atoms with Crippen LogP contribution in [0.25, 0.3) is 5.52 Å². The second kappa shape index (κ2) is 3.47. The maximum Gasteiger partial charge on any atom is 0.154 e. The molecule has 3 rings (SSSR count). The van der Waals surface area contributed by atoms with Crippen molar-refractivity contribution < 1.29 is 4.74 Å². The number of nitrogens with zero attached hydrogens (tertiary/aromatic N) is 3. The summed E-state index contributed by atoms with van der Waals surface area (Å²) < 4.78 is 7.11. The molecule has 0 bridgehead atoms. The van der Waals surface area contributed by atoms with Crippen LogP contribution in [-0.4, -0.2) is 27.8 Å². The van der Waals surface area contributed by atoms with E-state index in [4.69, 9.17) is 16.3 Å². The monoisotopic (exact) mass is 223 g/mol. The second-order valence-electron chi connectivity index (χ2n) is 3.68. The number of aromatic nitrogens is 3. The number of halogens is 1. The largest absolute Gasteiger partial charge is 0.381 e. The van der Waals surface area contributed by atoms with Gasteiger partial charge in [0.2, 0.25) is 0 Å². The van der Waals surface area contributed by atoms with E-state index in [9.17, 15) is 0 Å². The number of hydrogen-bond acceptors (Lipinski definition) is 3. The molecular weight excluding hydrogens is 214 g/mol. The van der Waals surface area contributed by atoms with Crippen LogP contribution in [0.3, 0.4) is 0 Å². The Kier molecular flexibility index (Phi) is 2.11. The number of hydrogen-bond donors (Lipinski definition) is 0. The zero-order valence-electron chi connectivity index (χ0n) is 8.06. The van der Waals surface area contributed by atoms with E-state index < -0.39 is 0 Å². The molecule has 0 spiro atoms. The van der Waals surface area contributed by atoms with Crippen LogP contribution in [0.2, 0.25) is 5.15 Å². The standard InChI is InChI=1S/C10H10ClN3O/c11-10-9-5-8(7-1-4-15-6-7)13-14(9)3-2-12-10/h2-3,5,7H,1,4,6H2. The Morgan fingerprint density at radius 1 is 1.53 bits per heavy atom. The molecule has 2 aromatic heterocycles. The smallest absolute Gasteiger partial charge is 0.154 e. The summed E-state index contributed by atoms with van der Waals surface area (Å²) in [5.74, 6) is 0.404. The van der Waals surface area contributed by atoms with Crippen molar-refractivity contribution in [2.45, 2.75) is 12.3 Å². The van der Waals surface area contributed by atoms with E-state index in [0.29, 0.717) is 11.1 Å². The lowest BCUT2D eigenvalue weighted by Crippen LogP contribution is -1.98. The fourth-order valence-corrected chi connectivity index (χ4v) is 2.07. The summed E-state index contributed by atoms with van der Waals surface area (Å²) in [6, 6.07) is 1.99. The van der Waals surface area contributed by atoms with Gasteiger partial charge in [0.25, 0.3) is 0 Å². The maximum absolute atomic E-state index is 5.97. The zero-order chi connectivity index (χ0) is 10.3. The molecule has 0 amide bonds. The van der Waals surface area contributed by atoms with Gasteiger partial charge in [-0.05, 0) is 12.5 Å². The molecule has 0 radical (unpaired) electrons. The van der Waals surface area contributed by atoms with Crippen molar-refractivity contribution >= 4 is 17.1 Å². The van der Waals surface area contributed by atoms with Crippen molar-refractivity contribution in [3.8, 4) is 0 Å². The highest BCUT2D eigenvalue weighted by Gasteiger charge is 2.21. The summed E-state index contributed by atoms with van der Waals surface area (Å²) in [6.07, 6.45) is 4.49. The van der Waals surface area contributed by atoms with Crippen LogP contribution in [0.4, 0.5) is 0 Å². The van der Waals surface area contributed by atoms with Gasteiger partial charge < -0.3 is 4.74 Å². The minimum atomic E-state index is 0.404. The van der Waals surface area contributed by atoms with Crippen molar-refractivity contribution in [2.24, 2.45) is 0 Å². The SMILES string of the molecule is Clc1nccn2nc(C3CCOC3)cc12. The Labute approximate surface area is 91.8 Å². The Morgan fingerprint density at radius 3 is 3.20 bits per heavy atom. The molecule has 0 saturated carbocycles. The molecular formula is C10H10ClN3O. The summed E-state index contributed by atoms with van der Waals surface area (Å²) in [4.78, 5) is 4.02. The van der Waals surface area contributed by atoms with E-state index in [1.807, 2.05) is 6.07 Å². The van der Waals surface area contributed by atoms with E-state index in [1.54, 1.807) is 16.9 Å². The third-order valence-corrected chi connectivity index (χ3v) is 3.00. The predicted molar refractivity (Wildman–Crippen MR) is 56.2 cm³/mol. The molecule has 1 unspecified atom stereocenters. The van der Waals surface area contributed by atoms with Gasteiger partial charge in [-0.1, -0.05) is 11.6 Å². The first-order chi connectivity index (χ1) is 7.34. The second-order valence-corrected chi connectivity index (χ2v) is 4.04. The van der Waals surface area contributed by atoms with E-state index in [1.165, 1.54) is 0 Å². The van der Waals surface area contributed by atoms with Crippen molar-refractivity contribution in [1.29, 1.82) is 0 Å². The molecule has 1 aliphatic heterocycles. The minimum Gasteiger partial charge on any atom is -0.381 e. The average molecular weight is 224 g/mol. The van der Waals surface area contributed by atoms with Crippen LogP contribution in [0.5, 0.6) is 0 Å². The van der Waals surface area contributed by atoms with E-state index in [0.717, 1.165) is 30.8 Å². The van der Waals surface area contributed by atoms with Gasteiger partial charge in [0.15, 0.2) is 5.15 Å². The Balaban J connectivity index is 2.09. The van der Waals surface area contributed by atoms with E-state index in [2.05, 4.69) is 10.1 Å². The molecule has 1 atom stereocenters. The van der Waals surface area contributed by atoms with Crippen LogP contribution >= 0.6 is 11.6 Å². The molecule has 78 valence electrons. The lowest BCUT2D eigenvalue weighted by molar-refractivity contribution is 0.193. The highest BCUT2D eigenvalue weighted by atomic mass is 35.5. The van der Waals surface area contributed by atoms with Gasteiger partial charge in [-0.15, -0.1) is 0 Å². The van der Waals surface area contributed by atoms with Crippen LogP contribution in [0, 0.1) is 0 Å². The van der Waals surface area contributed by atoms with Gasteiger partial charge in [0.05, 0.1) is 12.3 Å². The minimum absolute atomic E-state index is 0.404. The normalized spacial score (nSPS) is 21.3. The molecule has 2 aromatic rings. The highest BCUT2D eigenvalue weighted by Crippen LogP contribution is 2.26. The molecule has 0 aliphatic carbocycles. The molecule has 0 aromatic carbocycles. The van der Waals surface area contributed by atoms with Crippen LogP contribution in [-0.2, 0) is 4.74 Å².